The average Bonchev–Trinajstić information content (AvgIpc) is 2.57. The number of ketones is 1. The third-order valence-electron chi connectivity index (χ3n) is 4.38. The lowest BCUT2D eigenvalue weighted by atomic mass is 9.87. The van der Waals surface area contributed by atoms with Crippen molar-refractivity contribution in [3.05, 3.63) is 34.9 Å². The van der Waals surface area contributed by atoms with E-state index in [1.54, 1.807) is 6.92 Å². The van der Waals surface area contributed by atoms with E-state index in [-0.39, 0.29) is 53.1 Å². The molecule has 0 fully saturated rings. The number of methoxy groups -OCH3 is 1. The monoisotopic (exact) mass is 346 g/mol. The van der Waals surface area contributed by atoms with Crippen molar-refractivity contribution in [3.8, 4) is 34.5 Å². The van der Waals surface area contributed by atoms with Gasteiger partial charge in [-0.05, 0) is 25.0 Å². The summed E-state index contributed by atoms with van der Waals surface area (Å²) in [6.45, 7) is 1.60. The van der Waals surface area contributed by atoms with Gasteiger partial charge in [0, 0.05) is 11.6 Å². The topological polar surface area (TPSA) is 116 Å². The van der Waals surface area contributed by atoms with Crippen molar-refractivity contribution in [2.24, 2.45) is 5.92 Å². The van der Waals surface area contributed by atoms with Crippen molar-refractivity contribution in [1.82, 2.24) is 0 Å². The highest BCUT2D eigenvalue weighted by molar-refractivity contribution is 6.05. The number of hydrogen-bond acceptors (Lipinski definition) is 7. The number of fused-ring (bicyclic) bond motifs is 1. The molecule has 1 aliphatic heterocycles. The van der Waals surface area contributed by atoms with Gasteiger partial charge < -0.3 is 29.9 Å². The van der Waals surface area contributed by atoms with Crippen molar-refractivity contribution >= 4 is 5.78 Å². The molecule has 1 unspecified atom stereocenters. The molecule has 25 heavy (non-hydrogen) atoms. The van der Waals surface area contributed by atoms with E-state index in [1.165, 1.54) is 25.3 Å². The van der Waals surface area contributed by atoms with Crippen LogP contribution < -0.4 is 9.47 Å². The molecule has 7 nitrogen and oxygen atoms in total. The number of rotatable bonds is 3. The first-order chi connectivity index (χ1) is 11.8. The Balaban J connectivity index is 2.00. The maximum absolute atomic E-state index is 12.8. The van der Waals surface area contributed by atoms with E-state index < -0.39 is 11.7 Å². The maximum atomic E-state index is 12.8. The van der Waals surface area contributed by atoms with Crippen LogP contribution in [0.4, 0.5) is 0 Å². The molecule has 0 saturated carbocycles. The molecular formula is C18H18O7. The number of carbonyl (C=O) groups excluding carboxylic acids is 1. The highest BCUT2D eigenvalue weighted by Gasteiger charge is 2.36. The zero-order chi connectivity index (χ0) is 18.3. The normalized spacial score (nSPS) is 16.2. The Morgan fingerprint density at radius 3 is 2.56 bits per heavy atom. The highest BCUT2D eigenvalue weighted by Crippen LogP contribution is 2.49. The molecule has 0 saturated heterocycles. The van der Waals surface area contributed by atoms with Crippen molar-refractivity contribution in [2.45, 2.75) is 13.3 Å². The van der Waals surface area contributed by atoms with Gasteiger partial charge in [0.15, 0.2) is 17.3 Å². The Morgan fingerprint density at radius 2 is 1.92 bits per heavy atom. The molecule has 2 aromatic rings. The Bertz CT molecular complexity index is 857. The lowest BCUT2D eigenvalue weighted by molar-refractivity contribution is 0.0823. The molecule has 132 valence electrons. The van der Waals surface area contributed by atoms with Crippen LogP contribution in [-0.2, 0) is 6.42 Å². The van der Waals surface area contributed by atoms with Gasteiger partial charge in [0.1, 0.15) is 22.8 Å². The van der Waals surface area contributed by atoms with Gasteiger partial charge in [-0.2, -0.15) is 0 Å². The van der Waals surface area contributed by atoms with E-state index in [0.29, 0.717) is 11.1 Å². The fraction of sp³-hybridized carbons (Fsp3) is 0.278. The number of phenols is 4. The molecule has 7 heteroatoms. The van der Waals surface area contributed by atoms with Gasteiger partial charge in [-0.3, -0.25) is 4.79 Å². The van der Waals surface area contributed by atoms with Gasteiger partial charge in [0.25, 0.3) is 0 Å². The third-order valence-corrected chi connectivity index (χ3v) is 4.38. The van der Waals surface area contributed by atoms with E-state index in [4.69, 9.17) is 9.47 Å². The quantitative estimate of drug-likeness (QED) is 0.673. The average molecular weight is 346 g/mol. The van der Waals surface area contributed by atoms with Crippen molar-refractivity contribution in [2.75, 3.05) is 13.7 Å². The van der Waals surface area contributed by atoms with Crippen LogP contribution in [0.15, 0.2) is 18.2 Å². The van der Waals surface area contributed by atoms with Crippen LogP contribution >= 0.6 is 0 Å². The second-order valence-corrected chi connectivity index (χ2v) is 5.95. The summed E-state index contributed by atoms with van der Waals surface area (Å²) in [7, 11) is 1.28. The number of benzene rings is 2. The van der Waals surface area contributed by atoms with Crippen LogP contribution in [0, 0.1) is 12.8 Å². The number of aromatic hydroxyl groups is 4. The van der Waals surface area contributed by atoms with E-state index >= 15 is 0 Å². The Kier molecular flexibility index (Phi) is 4.08. The summed E-state index contributed by atoms with van der Waals surface area (Å²) in [5.74, 6) is -2.00. The Labute approximate surface area is 143 Å². The molecule has 4 N–H and O–H groups in total. The van der Waals surface area contributed by atoms with Gasteiger partial charge in [0.2, 0.25) is 5.75 Å². The van der Waals surface area contributed by atoms with Crippen LogP contribution in [0.25, 0.3) is 0 Å². The molecule has 0 amide bonds. The molecule has 1 aliphatic rings. The standard InChI is InChI=1S/C18H18O7/c1-8-14(21)18(24-2)16(23)13-15(22)10(7-25-17(8)13)5-9-3-4-11(19)6-12(9)20/h3-4,6,10,19-21,23H,5,7H2,1-2H3. The first-order valence-electron chi connectivity index (χ1n) is 7.65. The van der Waals surface area contributed by atoms with E-state index in [9.17, 15) is 25.2 Å². The number of Topliss-reactive ketones (excluding diaryl/α,β-unsaturated/α-hetero) is 1. The largest absolute Gasteiger partial charge is 0.508 e. The van der Waals surface area contributed by atoms with Crippen LogP contribution in [0.1, 0.15) is 21.5 Å². The van der Waals surface area contributed by atoms with Gasteiger partial charge in [0.05, 0.1) is 19.6 Å². The second kappa shape index (κ2) is 6.08. The van der Waals surface area contributed by atoms with Gasteiger partial charge in [-0.15, -0.1) is 0 Å². The molecule has 3 rings (SSSR count). The molecule has 0 bridgehead atoms. The second-order valence-electron chi connectivity index (χ2n) is 5.95. The molecule has 1 atom stereocenters. The van der Waals surface area contributed by atoms with Crippen molar-refractivity contribution in [1.29, 1.82) is 0 Å². The minimum Gasteiger partial charge on any atom is -0.508 e. The lowest BCUT2D eigenvalue weighted by Gasteiger charge is -2.27. The number of carbonyl (C=O) groups is 1. The predicted molar refractivity (Wildman–Crippen MR) is 87.9 cm³/mol. The summed E-state index contributed by atoms with van der Waals surface area (Å²) in [6, 6.07) is 4.13. The van der Waals surface area contributed by atoms with Gasteiger partial charge in [-0.25, -0.2) is 0 Å². The van der Waals surface area contributed by atoms with E-state index in [1.807, 2.05) is 0 Å². The first-order valence-corrected chi connectivity index (χ1v) is 7.65. The SMILES string of the molecule is COc1c(O)c(C)c2c(c1O)C(=O)C(Cc1ccc(O)cc1O)CO2. The molecule has 1 heterocycles. The summed E-state index contributed by atoms with van der Waals surface area (Å²) in [6.07, 6.45) is 0.173. The van der Waals surface area contributed by atoms with Crippen LogP contribution in [-0.4, -0.2) is 39.9 Å². The number of hydrogen-bond donors (Lipinski definition) is 4. The van der Waals surface area contributed by atoms with E-state index in [0.717, 1.165) is 0 Å². The lowest BCUT2D eigenvalue weighted by Crippen LogP contribution is -2.30. The molecular weight excluding hydrogens is 328 g/mol. The summed E-state index contributed by atoms with van der Waals surface area (Å²) >= 11 is 0. The van der Waals surface area contributed by atoms with E-state index in [2.05, 4.69) is 0 Å². The number of phenolic OH excluding ortho intramolecular Hbond substituents is 4. The van der Waals surface area contributed by atoms with Gasteiger partial charge >= 0.3 is 0 Å². The Hall–Kier alpha value is -3.09. The maximum Gasteiger partial charge on any atom is 0.204 e. The Morgan fingerprint density at radius 1 is 1.20 bits per heavy atom. The van der Waals surface area contributed by atoms with Crippen LogP contribution in [0.2, 0.25) is 0 Å². The zero-order valence-corrected chi connectivity index (χ0v) is 13.7. The molecule has 0 spiro atoms. The molecule has 0 aromatic heterocycles. The first kappa shape index (κ1) is 16.8. The summed E-state index contributed by atoms with van der Waals surface area (Å²) < 4.78 is 10.6. The van der Waals surface area contributed by atoms with Crippen molar-refractivity contribution in [3.63, 3.8) is 0 Å². The smallest absolute Gasteiger partial charge is 0.204 e. The fourth-order valence-electron chi connectivity index (χ4n) is 3.01. The van der Waals surface area contributed by atoms with Crippen LogP contribution in [0.3, 0.4) is 0 Å². The summed E-state index contributed by atoms with van der Waals surface area (Å²) in [5.41, 5.74) is 0.746. The minimum absolute atomic E-state index is 0.0399. The number of ether oxygens (including phenoxy) is 2. The molecule has 0 aliphatic carbocycles. The van der Waals surface area contributed by atoms with Crippen LogP contribution in [0.5, 0.6) is 34.5 Å². The molecule has 2 aromatic carbocycles. The zero-order valence-electron chi connectivity index (χ0n) is 13.7. The predicted octanol–water partition coefficient (Wildman–Crippen LogP) is 2.26. The summed E-state index contributed by atoms with van der Waals surface area (Å²) in [5, 5.41) is 39.6. The van der Waals surface area contributed by atoms with Crippen molar-refractivity contribution < 1.29 is 34.7 Å². The van der Waals surface area contributed by atoms with Gasteiger partial charge in [-0.1, -0.05) is 6.07 Å². The minimum atomic E-state index is -0.637. The molecule has 0 radical (unpaired) electrons. The summed E-state index contributed by atoms with van der Waals surface area (Å²) in [4.78, 5) is 12.8. The highest BCUT2D eigenvalue weighted by atomic mass is 16.5. The third kappa shape index (κ3) is 2.67. The fourth-order valence-corrected chi connectivity index (χ4v) is 3.01.